The maximum absolute atomic E-state index is 12.8. The number of carbonyl (C=O) groups is 2. The molecule has 0 aliphatic carbocycles. The van der Waals surface area contributed by atoms with Gasteiger partial charge < -0.3 is 25.4 Å². The molecule has 1 spiro atoms. The number of amides is 1. The number of nitrogens with one attached hydrogen (secondary N) is 1. The Morgan fingerprint density at radius 3 is 2.80 bits per heavy atom. The first-order chi connectivity index (χ1) is 19.4. The summed E-state index contributed by atoms with van der Waals surface area (Å²) >= 11 is 0. The fourth-order valence-electron chi connectivity index (χ4n) is 5.08. The summed E-state index contributed by atoms with van der Waals surface area (Å²) in [6.45, 7) is 4.60. The molecule has 1 saturated heterocycles. The van der Waals surface area contributed by atoms with Crippen LogP contribution >= 0.6 is 0 Å². The number of nitrogens with two attached hydrogens (primary N) is 1. The largest absolute Gasteiger partial charge is 0.486 e. The second kappa shape index (κ2) is 11.7. The molecule has 5 rings (SSSR count). The van der Waals surface area contributed by atoms with Crippen molar-refractivity contribution in [2.75, 3.05) is 31.7 Å². The predicted octanol–water partition coefficient (Wildman–Crippen LogP) is 3.68. The zero-order valence-electron chi connectivity index (χ0n) is 22.4. The van der Waals surface area contributed by atoms with Gasteiger partial charge in [0.2, 0.25) is 5.91 Å². The van der Waals surface area contributed by atoms with Crippen molar-refractivity contribution in [1.82, 2.24) is 4.98 Å². The Bertz CT molecular complexity index is 1490. The van der Waals surface area contributed by atoms with Crippen molar-refractivity contribution in [3.63, 3.8) is 0 Å². The minimum Gasteiger partial charge on any atom is -0.486 e. The van der Waals surface area contributed by atoms with E-state index in [0.717, 1.165) is 16.8 Å². The van der Waals surface area contributed by atoms with E-state index in [1.807, 2.05) is 48.5 Å². The van der Waals surface area contributed by atoms with E-state index in [1.54, 1.807) is 32.2 Å². The second-order valence-electron chi connectivity index (χ2n) is 9.67. The SMILES string of the molecule is CCOC(=O)c1ccc(-c2ccccc2OC/C(C=NCC2CC3(CO2)C(=O)Nc2ccccc23)=N/N)nc1C. The van der Waals surface area contributed by atoms with Crippen molar-refractivity contribution in [3.8, 4) is 17.0 Å². The van der Waals surface area contributed by atoms with E-state index in [0.29, 0.717) is 54.6 Å². The highest BCUT2D eigenvalue weighted by molar-refractivity contribution is 6.31. The number of esters is 1. The Hall–Kier alpha value is -4.57. The number of carbonyl (C=O) groups excluding carboxylic acids is 2. The summed E-state index contributed by atoms with van der Waals surface area (Å²) < 4.78 is 17.1. The summed E-state index contributed by atoms with van der Waals surface area (Å²) in [4.78, 5) is 34.0. The second-order valence-corrected chi connectivity index (χ2v) is 9.67. The number of aromatic nitrogens is 1. The highest BCUT2D eigenvalue weighted by Gasteiger charge is 2.52. The van der Waals surface area contributed by atoms with Gasteiger partial charge in [-0.25, -0.2) is 4.79 Å². The molecule has 10 heteroatoms. The number of hydrogen-bond acceptors (Lipinski definition) is 9. The molecule has 1 aromatic heterocycles. The summed E-state index contributed by atoms with van der Waals surface area (Å²) in [6.07, 6.45) is 1.91. The van der Waals surface area contributed by atoms with Crippen molar-refractivity contribution in [1.29, 1.82) is 0 Å². The van der Waals surface area contributed by atoms with Gasteiger partial charge in [-0.2, -0.15) is 5.10 Å². The molecule has 206 valence electrons. The van der Waals surface area contributed by atoms with Crippen molar-refractivity contribution >= 4 is 29.5 Å². The highest BCUT2D eigenvalue weighted by Crippen LogP contribution is 2.45. The first-order valence-electron chi connectivity index (χ1n) is 13.1. The molecule has 2 aliphatic rings. The number of hydrazone groups is 1. The number of aryl methyl sites for hydroxylation is 1. The van der Waals surface area contributed by atoms with E-state index in [4.69, 9.17) is 20.1 Å². The van der Waals surface area contributed by atoms with Crippen LogP contribution in [0.5, 0.6) is 5.75 Å². The topological polar surface area (TPSA) is 137 Å². The van der Waals surface area contributed by atoms with Gasteiger partial charge in [-0.1, -0.05) is 30.3 Å². The summed E-state index contributed by atoms with van der Waals surface area (Å²) in [5.74, 6) is 5.76. The number of rotatable bonds is 9. The van der Waals surface area contributed by atoms with Crippen LogP contribution in [-0.2, 0) is 19.7 Å². The lowest BCUT2D eigenvalue weighted by molar-refractivity contribution is -0.120. The molecule has 2 aromatic carbocycles. The first kappa shape index (κ1) is 27.0. The normalized spacial score (nSPS) is 20.1. The number of aliphatic imine (C=N–C) groups is 1. The van der Waals surface area contributed by atoms with Crippen LogP contribution in [0.2, 0.25) is 0 Å². The van der Waals surface area contributed by atoms with Crippen molar-refractivity contribution in [3.05, 3.63) is 77.5 Å². The average molecular weight is 542 g/mol. The molecular weight excluding hydrogens is 510 g/mol. The maximum Gasteiger partial charge on any atom is 0.339 e. The van der Waals surface area contributed by atoms with E-state index in [1.165, 1.54) is 0 Å². The highest BCUT2D eigenvalue weighted by atomic mass is 16.5. The smallest absolute Gasteiger partial charge is 0.339 e. The monoisotopic (exact) mass is 541 g/mol. The molecule has 0 saturated carbocycles. The third-order valence-electron chi connectivity index (χ3n) is 7.10. The molecule has 2 aliphatic heterocycles. The Balaban J connectivity index is 1.21. The molecule has 40 heavy (non-hydrogen) atoms. The van der Waals surface area contributed by atoms with Gasteiger partial charge in [0.05, 0.1) is 42.8 Å². The minimum atomic E-state index is -0.671. The number of ether oxygens (including phenoxy) is 3. The number of hydrogen-bond donors (Lipinski definition) is 2. The molecule has 0 radical (unpaired) electrons. The molecule has 2 unspecified atom stereocenters. The molecule has 3 aromatic rings. The fraction of sp³-hybridized carbons (Fsp3) is 0.300. The number of anilines is 1. The molecule has 10 nitrogen and oxygen atoms in total. The van der Waals surface area contributed by atoms with Crippen LogP contribution in [-0.4, -0.2) is 61.3 Å². The number of fused-ring (bicyclic) bond motifs is 2. The Morgan fingerprint density at radius 1 is 1.20 bits per heavy atom. The zero-order valence-corrected chi connectivity index (χ0v) is 22.4. The van der Waals surface area contributed by atoms with Gasteiger partial charge >= 0.3 is 5.97 Å². The number of benzene rings is 2. The Labute approximate surface area is 232 Å². The zero-order chi connectivity index (χ0) is 28.1. The van der Waals surface area contributed by atoms with Crippen LogP contribution in [0.15, 0.2) is 70.8 Å². The van der Waals surface area contributed by atoms with E-state index in [-0.39, 0.29) is 18.6 Å². The van der Waals surface area contributed by atoms with Gasteiger partial charge in [0, 0.05) is 17.5 Å². The van der Waals surface area contributed by atoms with Crippen LogP contribution in [0.1, 0.15) is 35.0 Å². The van der Waals surface area contributed by atoms with E-state index < -0.39 is 11.4 Å². The Morgan fingerprint density at radius 2 is 2.00 bits per heavy atom. The van der Waals surface area contributed by atoms with E-state index in [9.17, 15) is 9.59 Å². The van der Waals surface area contributed by atoms with Crippen molar-refractivity contribution in [2.45, 2.75) is 31.8 Å². The predicted molar refractivity (Wildman–Crippen MR) is 152 cm³/mol. The van der Waals surface area contributed by atoms with Gasteiger partial charge in [-0.3, -0.25) is 14.8 Å². The maximum atomic E-state index is 12.8. The fourth-order valence-corrected chi connectivity index (χ4v) is 5.08. The lowest BCUT2D eigenvalue weighted by Gasteiger charge is -2.18. The number of pyridine rings is 1. The molecule has 3 N–H and O–H groups in total. The number of para-hydroxylation sites is 2. The molecule has 0 bridgehead atoms. The summed E-state index contributed by atoms with van der Waals surface area (Å²) in [5, 5.41) is 6.78. The van der Waals surface area contributed by atoms with Gasteiger partial charge in [0.1, 0.15) is 23.5 Å². The lowest BCUT2D eigenvalue weighted by atomic mass is 9.79. The van der Waals surface area contributed by atoms with Crippen molar-refractivity contribution < 1.29 is 23.8 Å². The third kappa shape index (κ3) is 5.30. The Kier molecular flexibility index (Phi) is 7.88. The molecule has 3 heterocycles. The van der Waals surface area contributed by atoms with Crippen LogP contribution < -0.4 is 15.9 Å². The summed E-state index contributed by atoms with van der Waals surface area (Å²) in [5.41, 5.74) is 3.99. The average Bonchev–Trinajstić information content (AvgIpc) is 3.52. The standard InChI is InChI=1S/C30H31N5O5/c1-3-38-28(36)22-12-13-25(33-19(22)2)23-8-4-7-11-27(23)39-17-20(35-31)15-32-16-21-14-30(18-40-21)24-9-5-6-10-26(24)34-29(30)37/h4-13,15,21H,3,14,16-18,31H2,1-2H3,(H,34,37)/b32-15?,35-20+. The van der Waals surface area contributed by atoms with E-state index in [2.05, 4.69) is 20.4 Å². The van der Waals surface area contributed by atoms with Crippen LogP contribution in [0.4, 0.5) is 5.69 Å². The summed E-state index contributed by atoms with van der Waals surface area (Å²) in [6, 6.07) is 18.6. The van der Waals surface area contributed by atoms with Gasteiger partial charge in [-0.15, -0.1) is 0 Å². The number of nitrogens with zero attached hydrogens (tertiary/aromatic N) is 3. The molecule has 2 atom stereocenters. The quantitative estimate of drug-likeness (QED) is 0.182. The van der Waals surface area contributed by atoms with Gasteiger partial charge in [0.15, 0.2) is 0 Å². The molecule has 1 amide bonds. The lowest BCUT2D eigenvalue weighted by Crippen LogP contribution is -2.35. The summed E-state index contributed by atoms with van der Waals surface area (Å²) in [7, 11) is 0. The molecule has 1 fully saturated rings. The first-order valence-corrected chi connectivity index (χ1v) is 13.1. The molecular formula is C30H31N5O5. The van der Waals surface area contributed by atoms with Crippen LogP contribution in [0.25, 0.3) is 11.3 Å². The van der Waals surface area contributed by atoms with Crippen LogP contribution in [0.3, 0.4) is 0 Å². The van der Waals surface area contributed by atoms with Gasteiger partial charge in [-0.05, 0) is 56.2 Å². The van der Waals surface area contributed by atoms with Crippen molar-refractivity contribution in [2.24, 2.45) is 15.9 Å². The van der Waals surface area contributed by atoms with Gasteiger partial charge in [0.25, 0.3) is 0 Å². The minimum absolute atomic E-state index is 0.0309. The van der Waals surface area contributed by atoms with E-state index >= 15 is 0 Å². The third-order valence-corrected chi connectivity index (χ3v) is 7.10. The van der Waals surface area contributed by atoms with Crippen LogP contribution in [0, 0.1) is 6.92 Å².